The van der Waals surface area contributed by atoms with Crippen LogP contribution < -0.4 is 0 Å². The Morgan fingerprint density at radius 1 is 0.760 bits per heavy atom. The molecule has 0 saturated carbocycles. The summed E-state index contributed by atoms with van der Waals surface area (Å²) < 4.78 is 2.21. The molecule has 0 aromatic rings. The molecule has 2 fully saturated rings. The van der Waals surface area contributed by atoms with Crippen molar-refractivity contribution in [2.45, 2.75) is 110 Å². The molecule has 25 heavy (non-hydrogen) atoms. The molecule has 2 aliphatic rings. The van der Waals surface area contributed by atoms with E-state index in [0.717, 1.165) is 6.04 Å². The van der Waals surface area contributed by atoms with E-state index in [-0.39, 0.29) is 0 Å². The fraction of sp³-hybridized carbons (Fsp3) is 1.00. The van der Waals surface area contributed by atoms with Gasteiger partial charge in [0.05, 0.1) is 0 Å². The van der Waals surface area contributed by atoms with E-state index in [1.807, 2.05) is 0 Å². The van der Waals surface area contributed by atoms with Crippen molar-refractivity contribution < 1.29 is 0 Å². The highest BCUT2D eigenvalue weighted by molar-refractivity contribution is 7.77. The second-order valence-corrected chi connectivity index (χ2v) is 9.52. The van der Waals surface area contributed by atoms with Crippen LogP contribution in [-0.2, 0) is 0 Å². The topological polar surface area (TPSA) is 6.48 Å². The van der Waals surface area contributed by atoms with Gasteiger partial charge in [-0.3, -0.25) is 9.21 Å². The molecule has 2 heterocycles. The van der Waals surface area contributed by atoms with Crippen molar-refractivity contribution >= 4 is 12.8 Å². The molecule has 2 nitrogen and oxygen atoms in total. The Bertz CT molecular complexity index is 341. The largest absolute Gasteiger partial charge is 0.300 e. The maximum atomic E-state index is 4.52. The highest BCUT2D eigenvalue weighted by atomic mass is 32.1. The fourth-order valence-corrected chi connectivity index (χ4v) is 5.52. The summed E-state index contributed by atoms with van der Waals surface area (Å²) in [6.07, 6.45) is 20.0. The molecule has 0 N–H and O–H groups in total. The standard InChI is InChI=1S/C22H44N2S/c1-3-5-7-9-11-13-15-21(14-12-10-8-6-4-2)23-17-16-22(18-23)19-24(25)20-22/h21,25H,3-20H2,1-2H3. The first kappa shape index (κ1) is 21.6. The molecule has 0 aromatic carbocycles. The molecule has 0 radical (unpaired) electrons. The van der Waals surface area contributed by atoms with Gasteiger partial charge < -0.3 is 0 Å². The molecule has 148 valence electrons. The molecule has 0 amide bonds. The normalized spacial score (nSPS) is 21.7. The quantitative estimate of drug-likeness (QED) is 0.283. The van der Waals surface area contributed by atoms with Crippen LogP contribution in [0, 0.1) is 5.41 Å². The Labute approximate surface area is 163 Å². The maximum absolute atomic E-state index is 4.52. The van der Waals surface area contributed by atoms with Crippen molar-refractivity contribution in [3.63, 3.8) is 0 Å². The molecule has 3 heteroatoms. The SMILES string of the molecule is CCCCCCCCC(CCCCCCC)N1CCC2(CN(S)C2)C1. The third-order valence-electron chi connectivity index (χ3n) is 6.55. The highest BCUT2D eigenvalue weighted by Gasteiger charge is 2.47. The van der Waals surface area contributed by atoms with Crippen LogP contribution >= 0.6 is 12.8 Å². The van der Waals surface area contributed by atoms with Crippen LogP contribution in [0.4, 0.5) is 0 Å². The summed E-state index contributed by atoms with van der Waals surface area (Å²) in [4.78, 5) is 2.87. The second-order valence-electron chi connectivity index (χ2n) is 8.96. The summed E-state index contributed by atoms with van der Waals surface area (Å²) in [5, 5.41) is 0. The van der Waals surface area contributed by atoms with Gasteiger partial charge >= 0.3 is 0 Å². The third kappa shape index (κ3) is 7.42. The second kappa shape index (κ2) is 11.9. The Morgan fingerprint density at radius 3 is 1.80 bits per heavy atom. The average Bonchev–Trinajstić information content (AvgIpc) is 3.00. The van der Waals surface area contributed by atoms with E-state index in [4.69, 9.17) is 0 Å². The summed E-state index contributed by atoms with van der Waals surface area (Å²) in [5.41, 5.74) is 0.601. The van der Waals surface area contributed by atoms with Crippen molar-refractivity contribution in [3.8, 4) is 0 Å². The molecule has 0 bridgehead atoms. The molecule has 2 saturated heterocycles. The van der Waals surface area contributed by atoms with Gasteiger partial charge in [0.15, 0.2) is 0 Å². The molecule has 2 rings (SSSR count). The minimum Gasteiger partial charge on any atom is -0.300 e. The zero-order valence-corrected chi connectivity index (χ0v) is 18.0. The Balaban J connectivity index is 1.70. The van der Waals surface area contributed by atoms with Crippen molar-refractivity contribution in [2.24, 2.45) is 5.41 Å². The summed E-state index contributed by atoms with van der Waals surface area (Å²) in [6.45, 7) is 9.74. The van der Waals surface area contributed by atoms with Crippen LogP contribution in [0.5, 0.6) is 0 Å². The van der Waals surface area contributed by atoms with Crippen LogP contribution in [0.25, 0.3) is 0 Å². The van der Waals surface area contributed by atoms with Crippen LogP contribution in [0.2, 0.25) is 0 Å². The molecule has 2 aliphatic heterocycles. The Hall–Kier alpha value is 0.270. The van der Waals surface area contributed by atoms with Crippen molar-refractivity contribution in [2.75, 3.05) is 26.2 Å². The number of likely N-dealkylation sites (tertiary alicyclic amines) is 1. The Kier molecular flexibility index (Phi) is 10.2. The smallest absolute Gasteiger partial charge is 0.0169 e. The minimum absolute atomic E-state index is 0.601. The van der Waals surface area contributed by atoms with Gasteiger partial charge in [-0.2, -0.15) is 0 Å². The van der Waals surface area contributed by atoms with Crippen molar-refractivity contribution in [1.29, 1.82) is 0 Å². The van der Waals surface area contributed by atoms with E-state index >= 15 is 0 Å². The predicted molar refractivity (Wildman–Crippen MR) is 114 cm³/mol. The van der Waals surface area contributed by atoms with Crippen LogP contribution in [0.1, 0.15) is 104 Å². The molecule has 0 aliphatic carbocycles. The van der Waals surface area contributed by atoms with E-state index in [2.05, 4.69) is 35.9 Å². The number of rotatable bonds is 14. The minimum atomic E-state index is 0.601. The molecule has 0 aromatic heterocycles. The molecular formula is C22H44N2S. The van der Waals surface area contributed by atoms with Gasteiger partial charge in [0.2, 0.25) is 0 Å². The zero-order valence-electron chi connectivity index (χ0n) is 17.1. The van der Waals surface area contributed by atoms with E-state index in [1.165, 1.54) is 116 Å². The summed E-state index contributed by atoms with van der Waals surface area (Å²) >= 11 is 4.52. The third-order valence-corrected chi connectivity index (χ3v) is 6.83. The predicted octanol–water partition coefficient (Wildman–Crippen LogP) is 6.32. The first-order valence-electron chi connectivity index (χ1n) is 11.4. The zero-order chi connectivity index (χ0) is 18.0. The lowest BCUT2D eigenvalue weighted by Gasteiger charge is -2.45. The summed E-state index contributed by atoms with van der Waals surface area (Å²) in [7, 11) is 0. The monoisotopic (exact) mass is 368 g/mol. The molecular weight excluding hydrogens is 324 g/mol. The number of thiol groups is 1. The lowest BCUT2D eigenvalue weighted by Crippen LogP contribution is -2.53. The molecule has 1 spiro atoms. The number of hydrogen-bond donors (Lipinski definition) is 1. The van der Waals surface area contributed by atoms with Gasteiger partial charge in [0, 0.05) is 31.1 Å². The van der Waals surface area contributed by atoms with Crippen molar-refractivity contribution in [3.05, 3.63) is 0 Å². The summed E-state index contributed by atoms with van der Waals surface area (Å²) in [6, 6.07) is 0.862. The number of hydrogen-bond acceptors (Lipinski definition) is 3. The summed E-state index contributed by atoms with van der Waals surface area (Å²) in [5.74, 6) is 0. The molecule has 1 atom stereocenters. The average molecular weight is 369 g/mol. The van der Waals surface area contributed by atoms with Gasteiger partial charge in [0.1, 0.15) is 0 Å². The maximum Gasteiger partial charge on any atom is 0.0169 e. The van der Waals surface area contributed by atoms with Gasteiger partial charge in [-0.15, -0.1) is 0 Å². The number of nitrogens with zero attached hydrogens (tertiary/aromatic N) is 2. The van der Waals surface area contributed by atoms with Gasteiger partial charge in [-0.25, -0.2) is 0 Å². The fourth-order valence-electron chi connectivity index (χ4n) is 4.92. The highest BCUT2D eigenvalue weighted by Crippen LogP contribution is 2.41. The first-order chi connectivity index (χ1) is 12.2. The van der Waals surface area contributed by atoms with E-state index in [1.54, 1.807) is 0 Å². The van der Waals surface area contributed by atoms with Gasteiger partial charge in [0.25, 0.3) is 0 Å². The van der Waals surface area contributed by atoms with Gasteiger partial charge in [-0.1, -0.05) is 97.3 Å². The van der Waals surface area contributed by atoms with Crippen molar-refractivity contribution in [1.82, 2.24) is 9.21 Å². The lowest BCUT2D eigenvalue weighted by molar-refractivity contribution is 0.0783. The first-order valence-corrected chi connectivity index (χ1v) is 11.8. The van der Waals surface area contributed by atoms with E-state index in [9.17, 15) is 0 Å². The number of unbranched alkanes of at least 4 members (excludes halogenated alkanes) is 9. The van der Waals surface area contributed by atoms with Gasteiger partial charge in [-0.05, 0) is 25.8 Å². The van der Waals surface area contributed by atoms with Crippen LogP contribution in [0.15, 0.2) is 0 Å². The van der Waals surface area contributed by atoms with E-state index in [0.29, 0.717) is 5.41 Å². The van der Waals surface area contributed by atoms with Crippen LogP contribution in [0.3, 0.4) is 0 Å². The van der Waals surface area contributed by atoms with Crippen LogP contribution in [-0.4, -0.2) is 41.4 Å². The molecule has 1 unspecified atom stereocenters. The Morgan fingerprint density at radius 2 is 1.28 bits per heavy atom. The van der Waals surface area contributed by atoms with E-state index < -0.39 is 0 Å². The lowest BCUT2D eigenvalue weighted by atomic mass is 9.81.